The van der Waals surface area contributed by atoms with Crippen LogP contribution in [0, 0.1) is 0 Å². The van der Waals surface area contributed by atoms with Crippen LogP contribution >= 0.6 is 0 Å². The average Bonchev–Trinajstić information content (AvgIpc) is 3.04. The molecule has 1 fully saturated rings. The van der Waals surface area contributed by atoms with E-state index in [2.05, 4.69) is 22.8 Å². The van der Waals surface area contributed by atoms with Gasteiger partial charge in [0.05, 0.1) is 18.8 Å². The monoisotopic (exact) mass is 288 g/mol. The molecule has 1 aliphatic carbocycles. The molecular weight excluding hydrogens is 264 g/mol. The molecule has 21 heavy (non-hydrogen) atoms. The van der Waals surface area contributed by atoms with E-state index in [0.717, 1.165) is 13.0 Å². The molecule has 114 valence electrons. The van der Waals surface area contributed by atoms with Crippen LogP contribution in [-0.4, -0.2) is 31.2 Å². The Bertz CT molecular complexity index is 483. The van der Waals surface area contributed by atoms with Gasteiger partial charge in [0.15, 0.2) is 0 Å². The zero-order valence-electron chi connectivity index (χ0n) is 12.4. The van der Waals surface area contributed by atoms with Crippen molar-refractivity contribution in [1.29, 1.82) is 0 Å². The first-order valence-electron chi connectivity index (χ1n) is 8.02. The summed E-state index contributed by atoms with van der Waals surface area (Å²) in [6.45, 7) is 2.00. The zero-order valence-corrected chi connectivity index (χ0v) is 12.4. The Morgan fingerprint density at radius 3 is 2.81 bits per heavy atom. The second kappa shape index (κ2) is 7.05. The van der Waals surface area contributed by atoms with Crippen LogP contribution in [0.25, 0.3) is 0 Å². The van der Waals surface area contributed by atoms with E-state index in [1.807, 2.05) is 12.1 Å². The Labute approximate surface area is 126 Å². The predicted octanol–water partition coefficient (Wildman–Crippen LogP) is 1.78. The summed E-state index contributed by atoms with van der Waals surface area (Å²) in [5, 5.41) is 6.28. The number of fused-ring (bicyclic) bond motifs is 1. The molecule has 0 saturated heterocycles. The first-order valence-corrected chi connectivity index (χ1v) is 8.02. The van der Waals surface area contributed by atoms with Crippen LogP contribution in [0.4, 0.5) is 0 Å². The Kier molecular flexibility index (Phi) is 4.88. The molecule has 1 aromatic carbocycles. The second-order valence-electron chi connectivity index (χ2n) is 5.97. The van der Waals surface area contributed by atoms with Crippen molar-refractivity contribution in [3.63, 3.8) is 0 Å². The molecule has 1 aromatic rings. The summed E-state index contributed by atoms with van der Waals surface area (Å²) < 4.78 is 5.76. The highest BCUT2D eigenvalue weighted by Gasteiger charge is 2.23. The van der Waals surface area contributed by atoms with E-state index >= 15 is 0 Å². The third-order valence-electron chi connectivity index (χ3n) is 4.45. The first kappa shape index (κ1) is 14.5. The Balaban J connectivity index is 1.40. The molecule has 3 rings (SSSR count). The van der Waals surface area contributed by atoms with Gasteiger partial charge in [-0.1, -0.05) is 37.1 Å². The molecule has 1 heterocycles. The molecule has 1 aliphatic heterocycles. The number of amides is 1. The highest BCUT2D eigenvalue weighted by molar-refractivity contribution is 5.82. The van der Waals surface area contributed by atoms with Crippen molar-refractivity contribution < 1.29 is 9.53 Å². The van der Waals surface area contributed by atoms with Gasteiger partial charge in [-0.3, -0.25) is 4.79 Å². The highest BCUT2D eigenvalue weighted by Crippen LogP contribution is 2.20. The smallest absolute Gasteiger partial charge is 0.237 e. The number of carbonyl (C=O) groups excluding carboxylic acids is 1. The summed E-state index contributed by atoms with van der Waals surface area (Å²) in [5.74, 6) is 0.0829. The summed E-state index contributed by atoms with van der Waals surface area (Å²) >= 11 is 0. The summed E-state index contributed by atoms with van der Waals surface area (Å²) in [5.41, 5.74) is 2.57. The number of hydrogen-bond acceptors (Lipinski definition) is 3. The molecule has 4 heteroatoms. The van der Waals surface area contributed by atoms with Gasteiger partial charge in [0.1, 0.15) is 0 Å². The van der Waals surface area contributed by atoms with E-state index in [4.69, 9.17) is 4.74 Å². The van der Waals surface area contributed by atoms with Crippen LogP contribution in [0.3, 0.4) is 0 Å². The molecule has 2 N–H and O–H groups in total. The van der Waals surface area contributed by atoms with E-state index in [-0.39, 0.29) is 11.9 Å². The van der Waals surface area contributed by atoms with Crippen molar-refractivity contribution >= 4 is 5.91 Å². The van der Waals surface area contributed by atoms with Gasteiger partial charge < -0.3 is 15.4 Å². The van der Waals surface area contributed by atoms with E-state index in [1.54, 1.807) is 0 Å². The van der Waals surface area contributed by atoms with Crippen LogP contribution in [0.2, 0.25) is 0 Å². The fourth-order valence-corrected chi connectivity index (χ4v) is 3.22. The van der Waals surface area contributed by atoms with Gasteiger partial charge in [0, 0.05) is 13.1 Å². The lowest BCUT2D eigenvalue weighted by molar-refractivity contribution is -0.123. The van der Waals surface area contributed by atoms with E-state index < -0.39 is 0 Å². The topological polar surface area (TPSA) is 50.4 Å². The largest absolute Gasteiger partial charge is 0.376 e. The predicted molar refractivity (Wildman–Crippen MR) is 82.0 cm³/mol. The number of carbonyl (C=O) groups is 1. The number of rotatable bonds is 5. The Morgan fingerprint density at radius 2 is 2.00 bits per heavy atom. The molecule has 2 aliphatic rings. The minimum Gasteiger partial charge on any atom is -0.376 e. The third-order valence-corrected chi connectivity index (χ3v) is 4.45. The highest BCUT2D eigenvalue weighted by atomic mass is 16.5. The number of nitrogens with one attached hydrogen (secondary N) is 2. The van der Waals surface area contributed by atoms with E-state index in [0.29, 0.717) is 19.3 Å². The first-order chi connectivity index (χ1) is 10.3. The quantitative estimate of drug-likeness (QED) is 0.812. The third kappa shape index (κ3) is 3.83. The molecule has 4 nitrogen and oxygen atoms in total. The lowest BCUT2D eigenvalue weighted by Gasteiger charge is -2.25. The Morgan fingerprint density at radius 1 is 1.24 bits per heavy atom. The van der Waals surface area contributed by atoms with Gasteiger partial charge in [-0.05, 0) is 30.4 Å². The van der Waals surface area contributed by atoms with Crippen LogP contribution in [0.15, 0.2) is 24.3 Å². The van der Waals surface area contributed by atoms with Crippen LogP contribution < -0.4 is 10.6 Å². The van der Waals surface area contributed by atoms with Gasteiger partial charge >= 0.3 is 0 Å². The fraction of sp³-hybridized carbons (Fsp3) is 0.588. The normalized spacial score (nSPS) is 22.0. The number of benzene rings is 1. The van der Waals surface area contributed by atoms with Crippen LogP contribution in [0.5, 0.6) is 0 Å². The summed E-state index contributed by atoms with van der Waals surface area (Å²) in [6, 6.07) is 8.19. The minimum atomic E-state index is -0.119. The van der Waals surface area contributed by atoms with E-state index in [1.165, 1.54) is 36.8 Å². The Hall–Kier alpha value is -1.39. The maximum absolute atomic E-state index is 12.2. The minimum absolute atomic E-state index is 0.0829. The molecule has 0 aromatic heterocycles. The molecule has 0 radical (unpaired) electrons. The van der Waals surface area contributed by atoms with Crippen LogP contribution in [-0.2, 0) is 22.5 Å². The van der Waals surface area contributed by atoms with E-state index in [9.17, 15) is 4.79 Å². The van der Waals surface area contributed by atoms with Crippen molar-refractivity contribution in [1.82, 2.24) is 10.6 Å². The number of hydrogen-bond donors (Lipinski definition) is 2. The molecular formula is C17H24N2O2. The van der Waals surface area contributed by atoms with Gasteiger partial charge in [0.2, 0.25) is 5.91 Å². The molecule has 1 atom stereocenters. The maximum Gasteiger partial charge on any atom is 0.237 e. The summed E-state index contributed by atoms with van der Waals surface area (Å²) in [6.07, 6.45) is 6.10. The second-order valence-corrected chi connectivity index (χ2v) is 5.97. The molecule has 1 amide bonds. The maximum atomic E-state index is 12.2. The van der Waals surface area contributed by atoms with Gasteiger partial charge in [-0.25, -0.2) is 0 Å². The fourth-order valence-electron chi connectivity index (χ4n) is 3.22. The van der Waals surface area contributed by atoms with Crippen molar-refractivity contribution in [3.8, 4) is 0 Å². The lowest BCUT2D eigenvalue weighted by atomic mass is 9.95. The standard InChI is InChI=1S/C17H24N2O2/c20-17(18-9-10-21-15-7-3-4-8-15)16-11-13-5-1-2-6-14(13)12-19-16/h1-2,5-6,15-16,19H,3-4,7-12H2,(H,18,20). The van der Waals surface area contributed by atoms with Crippen molar-refractivity contribution in [3.05, 3.63) is 35.4 Å². The summed E-state index contributed by atoms with van der Waals surface area (Å²) in [4.78, 5) is 12.2. The van der Waals surface area contributed by atoms with Gasteiger partial charge in [0.25, 0.3) is 0 Å². The van der Waals surface area contributed by atoms with Gasteiger partial charge in [-0.15, -0.1) is 0 Å². The molecule has 0 spiro atoms. The lowest BCUT2D eigenvalue weighted by Crippen LogP contribution is -2.48. The zero-order chi connectivity index (χ0) is 14.5. The number of ether oxygens (including phenoxy) is 1. The average molecular weight is 288 g/mol. The SMILES string of the molecule is O=C(NCCOC1CCCC1)C1Cc2ccccc2CN1. The van der Waals surface area contributed by atoms with Crippen molar-refractivity contribution in [2.24, 2.45) is 0 Å². The molecule has 0 bridgehead atoms. The molecule has 1 saturated carbocycles. The summed E-state index contributed by atoms with van der Waals surface area (Å²) in [7, 11) is 0. The van der Waals surface area contributed by atoms with Gasteiger partial charge in [-0.2, -0.15) is 0 Å². The van der Waals surface area contributed by atoms with Crippen molar-refractivity contribution in [2.75, 3.05) is 13.2 Å². The molecule has 1 unspecified atom stereocenters. The van der Waals surface area contributed by atoms with Crippen molar-refractivity contribution in [2.45, 2.75) is 50.8 Å². The van der Waals surface area contributed by atoms with Crippen LogP contribution in [0.1, 0.15) is 36.8 Å².